The molecule has 1 N–H and O–H groups in total. The summed E-state index contributed by atoms with van der Waals surface area (Å²) in [4.78, 5) is 14.5. The number of benzene rings is 1. The van der Waals surface area contributed by atoms with E-state index in [0.29, 0.717) is 24.7 Å². The van der Waals surface area contributed by atoms with E-state index in [1.54, 1.807) is 26.2 Å². The van der Waals surface area contributed by atoms with Gasteiger partial charge in [-0.3, -0.25) is 4.79 Å². The molecule has 1 fully saturated rings. The molecule has 6 nitrogen and oxygen atoms in total. The van der Waals surface area contributed by atoms with Crippen LogP contribution in [0.5, 0.6) is 11.5 Å². The van der Waals surface area contributed by atoms with Gasteiger partial charge in [-0.2, -0.15) is 0 Å². The third-order valence-corrected chi connectivity index (χ3v) is 3.87. The zero-order valence-corrected chi connectivity index (χ0v) is 14.6. The number of anilines is 1. The maximum absolute atomic E-state index is 12.8. The van der Waals surface area contributed by atoms with Gasteiger partial charge in [0, 0.05) is 32.0 Å². The molecular weight excluding hydrogens is 320 g/mol. The van der Waals surface area contributed by atoms with E-state index >= 15 is 0 Å². The standard InChI is InChI=1S/C16H24N2O4.ClH/c1-20-9-8-18(16(19)12-6-7-17-11-12)13-4-5-14(21-2)15(10-13)22-3;/h4-5,10,12,17H,6-9,11H2,1-3H3;1H. The predicted octanol–water partition coefficient (Wildman–Crippen LogP) is 1.71. The van der Waals surface area contributed by atoms with Crippen LogP contribution >= 0.6 is 12.4 Å². The van der Waals surface area contributed by atoms with Crippen LogP contribution < -0.4 is 19.7 Å². The van der Waals surface area contributed by atoms with E-state index in [-0.39, 0.29) is 24.2 Å². The fraction of sp³-hybridized carbons (Fsp3) is 0.562. The first-order chi connectivity index (χ1) is 10.7. The first-order valence-corrected chi connectivity index (χ1v) is 7.44. The van der Waals surface area contributed by atoms with Crippen LogP contribution in [0.15, 0.2) is 18.2 Å². The van der Waals surface area contributed by atoms with Gasteiger partial charge in [-0.1, -0.05) is 0 Å². The average molecular weight is 345 g/mol. The average Bonchev–Trinajstić information content (AvgIpc) is 3.09. The zero-order valence-electron chi connectivity index (χ0n) is 13.8. The van der Waals surface area contributed by atoms with Crippen molar-refractivity contribution in [1.29, 1.82) is 0 Å². The molecule has 1 aromatic rings. The molecule has 1 heterocycles. The highest BCUT2D eigenvalue weighted by atomic mass is 35.5. The summed E-state index contributed by atoms with van der Waals surface area (Å²) in [5, 5.41) is 3.23. The molecule has 1 atom stereocenters. The fourth-order valence-electron chi connectivity index (χ4n) is 2.63. The minimum atomic E-state index is 0. The van der Waals surface area contributed by atoms with Crippen LogP contribution in [-0.2, 0) is 9.53 Å². The van der Waals surface area contributed by atoms with Gasteiger partial charge in [0.1, 0.15) is 0 Å². The van der Waals surface area contributed by atoms with Gasteiger partial charge in [0.15, 0.2) is 11.5 Å². The van der Waals surface area contributed by atoms with E-state index in [4.69, 9.17) is 14.2 Å². The number of rotatable bonds is 7. The second kappa shape index (κ2) is 9.60. The Morgan fingerprint density at radius 3 is 2.57 bits per heavy atom. The van der Waals surface area contributed by atoms with E-state index < -0.39 is 0 Å². The van der Waals surface area contributed by atoms with Crippen LogP contribution in [0.25, 0.3) is 0 Å². The summed E-state index contributed by atoms with van der Waals surface area (Å²) in [6.07, 6.45) is 0.871. The Hall–Kier alpha value is -1.50. The zero-order chi connectivity index (χ0) is 15.9. The summed E-state index contributed by atoms with van der Waals surface area (Å²) in [7, 11) is 4.81. The van der Waals surface area contributed by atoms with E-state index in [9.17, 15) is 4.79 Å². The van der Waals surface area contributed by atoms with Crippen molar-refractivity contribution in [2.45, 2.75) is 6.42 Å². The van der Waals surface area contributed by atoms with Crippen molar-refractivity contribution < 1.29 is 19.0 Å². The van der Waals surface area contributed by atoms with Gasteiger partial charge < -0.3 is 24.4 Å². The van der Waals surface area contributed by atoms with Crippen LogP contribution in [0, 0.1) is 5.92 Å². The Labute approximate surface area is 143 Å². The second-order valence-corrected chi connectivity index (χ2v) is 5.21. The molecule has 0 saturated carbocycles. The van der Waals surface area contributed by atoms with Crippen LogP contribution in [0.1, 0.15) is 6.42 Å². The number of carbonyl (C=O) groups is 1. The van der Waals surface area contributed by atoms with Crippen molar-refractivity contribution in [3.63, 3.8) is 0 Å². The summed E-state index contributed by atoms with van der Waals surface area (Å²) in [5.74, 6) is 1.40. The summed E-state index contributed by atoms with van der Waals surface area (Å²) >= 11 is 0. The number of nitrogens with zero attached hydrogens (tertiary/aromatic N) is 1. The smallest absolute Gasteiger partial charge is 0.231 e. The number of amides is 1. The predicted molar refractivity (Wildman–Crippen MR) is 92.0 cm³/mol. The SMILES string of the molecule is COCCN(C(=O)C1CCNC1)c1ccc(OC)c(OC)c1.Cl. The van der Waals surface area contributed by atoms with Gasteiger partial charge >= 0.3 is 0 Å². The number of ether oxygens (including phenoxy) is 3. The molecule has 1 amide bonds. The number of carbonyl (C=O) groups excluding carboxylic acids is 1. The molecule has 1 unspecified atom stereocenters. The third-order valence-electron chi connectivity index (χ3n) is 3.87. The molecule has 1 aliphatic heterocycles. The summed E-state index contributed by atoms with van der Waals surface area (Å²) < 4.78 is 15.7. The van der Waals surface area contributed by atoms with Crippen molar-refractivity contribution >= 4 is 24.0 Å². The van der Waals surface area contributed by atoms with E-state index in [2.05, 4.69) is 5.32 Å². The maximum atomic E-state index is 12.8. The van der Waals surface area contributed by atoms with Gasteiger partial charge in [0.25, 0.3) is 0 Å². The number of methoxy groups -OCH3 is 3. The second-order valence-electron chi connectivity index (χ2n) is 5.21. The molecule has 1 saturated heterocycles. The van der Waals surface area contributed by atoms with Crippen molar-refractivity contribution in [3.8, 4) is 11.5 Å². The van der Waals surface area contributed by atoms with E-state index in [1.807, 2.05) is 18.2 Å². The Morgan fingerprint density at radius 1 is 1.26 bits per heavy atom. The lowest BCUT2D eigenvalue weighted by Gasteiger charge is -2.26. The molecule has 130 valence electrons. The number of halogens is 1. The Bertz CT molecular complexity index is 507. The topological polar surface area (TPSA) is 60.0 Å². The summed E-state index contributed by atoms with van der Waals surface area (Å²) in [5.41, 5.74) is 0.798. The molecule has 0 aromatic heterocycles. The Kier molecular flexibility index (Phi) is 8.16. The molecule has 0 bridgehead atoms. The third kappa shape index (κ3) is 4.73. The minimum Gasteiger partial charge on any atom is -0.493 e. The van der Waals surface area contributed by atoms with Crippen LogP contribution in [0.4, 0.5) is 5.69 Å². The lowest BCUT2D eigenvalue weighted by molar-refractivity contribution is -0.122. The van der Waals surface area contributed by atoms with Crippen molar-refractivity contribution in [1.82, 2.24) is 5.32 Å². The largest absolute Gasteiger partial charge is 0.493 e. The quantitative estimate of drug-likeness (QED) is 0.816. The molecule has 1 aliphatic rings. The molecule has 0 radical (unpaired) electrons. The van der Waals surface area contributed by atoms with Gasteiger partial charge in [-0.15, -0.1) is 12.4 Å². The van der Waals surface area contributed by atoms with E-state index in [0.717, 1.165) is 25.2 Å². The molecule has 23 heavy (non-hydrogen) atoms. The molecule has 7 heteroatoms. The minimum absolute atomic E-state index is 0. The molecule has 0 spiro atoms. The van der Waals surface area contributed by atoms with Crippen LogP contribution in [0.3, 0.4) is 0 Å². The van der Waals surface area contributed by atoms with Crippen molar-refractivity contribution in [3.05, 3.63) is 18.2 Å². The number of hydrogen-bond donors (Lipinski definition) is 1. The van der Waals surface area contributed by atoms with Gasteiger partial charge in [-0.05, 0) is 25.1 Å². The Balaban J connectivity index is 0.00000264. The van der Waals surface area contributed by atoms with Crippen molar-refractivity contribution in [2.75, 3.05) is 52.5 Å². The lowest BCUT2D eigenvalue weighted by atomic mass is 10.1. The molecular formula is C16H25ClN2O4. The van der Waals surface area contributed by atoms with Gasteiger partial charge in [0.05, 0.1) is 26.7 Å². The number of nitrogens with one attached hydrogen (secondary N) is 1. The van der Waals surface area contributed by atoms with Crippen molar-refractivity contribution in [2.24, 2.45) is 5.92 Å². The van der Waals surface area contributed by atoms with E-state index in [1.165, 1.54) is 0 Å². The highest BCUT2D eigenvalue weighted by Gasteiger charge is 2.28. The number of hydrogen-bond acceptors (Lipinski definition) is 5. The first kappa shape index (κ1) is 19.5. The van der Waals surface area contributed by atoms with Crippen LogP contribution in [-0.4, -0.2) is 53.5 Å². The fourth-order valence-corrected chi connectivity index (χ4v) is 2.63. The first-order valence-electron chi connectivity index (χ1n) is 7.44. The van der Waals surface area contributed by atoms with Gasteiger partial charge in [0.2, 0.25) is 5.91 Å². The maximum Gasteiger partial charge on any atom is 0.231 e. The monoisotopic (exact) mass is 344 g/mol. The molecule has 1 aromatic carbocycles. The summed E-state index contributed by atoms with van der Waals surface area (Å²) in [6.45, 7) is 2.62. The summed E-state index contributed by atoms with van der Waals surface area (Å²) in [6, 6.07) is 5.51. The highest BCUT2D eigenvalue weighted by molar-refractivity contribution is 5.95. The van der Waals surface area contributed by atoms with Gasteiger partial charge in [-0.25, -0.2) is 0 Å². The lowest BCUT2D eigenvalue weighted by Crippen LogP contribution is -2.39. The molecule has 0 aliphatic carbocycles. The van der Waals surface area contributed by atoms with Crippen LogP contribution in [0.2, 0.25) is 0 Å². The molecule has 2 rings (SSSR count). The normalized spacial score (nSPS) is 16.6. The Morgan fingerprint density at radius 2 is 2.00 bits per heavy atom. The highest BCUT2D eigenvalue weighted by Crippen LogP contribution is 2.32.